The summed E-state index contributed by atoms with van der Waals surface area (Å²) >= 11 is 6.00. The minimum atomic E-state index is 0.714. The van der Waals surface area contributed by atoms with Crippen LogP contribution < -0.4 is 0 Å². The van der Waals surface area contributed by atoms with E-state index in [1.807, 2.05) is 36.4 Å². The second-order valence-corrected chi connectivity index (χ2v) is 3.58. The van der Waals surface area contributed by atoms with E-state index in [1.165, 1.54) is 5.56 Å². The lowest BCUT2D eigenvalue weighted by Gasteiger charge is -2.03. The maximum absolute atomic E-state index is 6.00. The highest BCUT2D eigenvalue weighted by atomic mass is 35.5. The van der Waals surface area contributed by atoms with E-state index in [0.717, 1.165) is 11.1 Å². The molecule has 1 radical (unpaired) electrons. The number of benzene rings is 2. The van der Waals surface area contributed by atoms with Gasteiger partial charge in [0.1, 0.15) is 0 Å². The Morgan fingerprint density at radius 2 is 1.57 bits per heavy atom. The fourth-order valence-corrected chi connectivity index (χ4v) is 1.54. The fourth-order valence-electron chi connectivity index (χ4n) is 1.36. The lowest BCUT2D eigenvalue weighted by atomic mass is 10.0. The SMILES string of the molecule is [CH2]c1ccc(-c2ccccc2)cc1Cl. The molecule has 0 aromatic heterocycles. The Bertz CT molecular complexity index is 432. The first-order chi connectivity index (χ1) is 6.77. The quantitative estimate of drug-likeness (QED) is 0.649. The zero-order valence-corrected chi connectivity index (χ0v) is 8.46. The molecule has 0 unspecified atom stereocenters. The van der Waals surface area contributed by atoms with Crippen LogP contribution in [0.4, 0.5) is 0 Å². The third-order valence-electron chi connectivity index (χ3n) is 2.16. The molecule has 0 N–H and O–H groups in total. The average molecular weight is 202 g/mol. The number of hydrogen-bond acceptors (Lipinski definition) is 0. The van der Waals surface area contributed by atoms with Crippen LogP contribution in [0, 0.1) is 6.92 Å². The van der Waals surface area contributed by atoms with Gasteiger partial charge in [0, 0.05) is 5.02 Å². The van der Waals surface area contributed by atoms with Gasteiger partial charge in [0.25, 0.3) is 0 Å². The first-order valence-corrected chi connectivity index (χ1v) is 4.82. The van der Waals surface area contributed by atoms with Crippen molar-refractivity contribution in [2.24, 2.45) is 0 Å². The largest absolute Gasteiger partial charge is 0.0840 e. The molecule has 0 heterocycles. The molecule has 0 spiro atoms. The average Bonchev–Trinajstić information content (AvgIpc) is 2.23. The second kappa shape index (κ2) is 3.85. The Kier molecular flexibility index (Phi) is 2.55. The minimum absolute atomic E-state index is 0.714. The predicted octanol–water partition coefficient (Wildman–Crippen LogP) is 4.19. The Morgan fingerprint density at radius 3 is 2.21 bits per heavy atom. The summed E-state index contributed by atoms with van der Waals surface area (Å²) in [4.78, 5) is 0. The van der Waals surface area contributed by atoms with Crippen molar-refractivity contribution in [3.8, 4) is 11.1 Å². The maximum atomic E-state index is 6.00. The molecule has 14 heavy (non-hydrogen) atoms. The van der Waals surface area contributed by atoms with E-state index < -0.39 is 0 Å². The van der Waals surface area contributed by atoms with Gasteiger partial charge in [0.15, 0.2) is 0 Å². The lowest BCUT2D eigenvalue weighted by Crippen LogP contribution is -1.79. The normalized spacial score (nSPS) is 10.1. The van der Waals surface area contributed by atoms with Crippen LogP contribution in [0.25, 0.3) is 11.1 Å². The van der Waals surface area contributed by atoms with Gasteiger partial charge < -0.3 is 0 Å². The van der Waals surface area contributed by atoms with Crippen LogP contribution in [0.5, 0.6) is 0 Å². The zero-order chi connectivity index (χ0) is 9.97. The van der Waals surface area contributed by atoms with E-state index >= 15 is 0 Å². The summed E-state index contributed by atoms with van der Waals surface area (Å²) in [6.45, 7) is 3.82. The van der Waals surface area contributed by atoms with E-state index in [2.05, 4.69) is 19.1 Å². The van der Waals surface area contributed by atoms with Gasteiger partial charge in [-0.3, -0.25) is 0 Å². The maximum Gasteiger partial charge on any atom is 0.0444 e. The van der Waals surface area contributed by atoms with Crippen molar-refractivity contribution in [1.29, 1.82) is 0 Å². The summed E-state index contributed by atoms with van der Waals surface area (Å²) in [7, 11) is 0. The van der Waals surface area contributed by atoms with Crippen LogP contribution in [-0.2, 0) is 0 Å². The highest BCUT2D eigenvalue weighted by molar-refractivity contribution is 6.31. The molecule has 0 fully saturated rings. The molecule has 0 aliphatic carbocycles. The number of halogens is 1. The van der Waals surface area contributed by atoms with Crippen molar-refractivity contribution in [3.05, 3.63) is 66.0 Å². The van der Waals surface area contributed by atoms with E-state index in [1.54, 1.807) is 0 Å². The van der Waals surface area contributed by atoms with E-state index in [4.69, 9.17) is 11.6 Å². The minimum Gasteiger partial charge on any atom is -0.0840 e. The van der Waals surface area contributed by atoms with Crippen LogP contribution in [0.2, 0.25) is 5.02 Å². The Morgan fingerprint density at radius 1 is 0.857 bits per heavy atom. The summed E-state index contributed by atoms with van der Waals surface area (Å²) in [5.41, 5.74) is 3.17. The molecule has 2 aromatic carbocycles. The van der Waals surface area contributed by atoms with Crippen LogP contribution in [0.1, 0.15) is 5.56 Å². The summed E-state index contributed by atoms with van der Waals surface area (Å²) < 4.78 is 0. The Balaban J connectivity index is 2.48. The highest BCUT2D eigenvalue weighted by Crippen LogP contribution is 2.24. The monoisotopic (exact) mass is 201 g/mol. The molecule has 0 amide bonds. The third kappa shape index (κ3) is 1.80. The standard InChI is InChI=1S/C13H10Cl/c1-10-7-8-12(9-13(10)14)11-5-3-2-4-6-11/h2-9H,1H2. The molecule has 1 heteroatoms. The van der Waals surface area contributed by atoms with Crippen LogP contribution in [0.15, 0.2) is 48.5 Å². The van der Waals surface area contributed by atoms with E-state index in [-0.39, 0.29) is 0 Å². The van der Waals surface area contributed by atoms with Crippen molar-refractivity contribution in [2.75, 3.05) is 0 Å². The first-order valence-electron chi connectivity index (χ1n) is 4.44. The predicted molar refractivity (Wildman–Crippen MR) is 61.3 cm³/mol. The van der Waals surface area contributed by atoms with Gasteiger partial charge in [-0.05, 0) is 29.7 Å². The fraction of sp³-hybridized carbons (Fsp3) is 0. The van der Waals surface area contributed by atoms with Gasteiger partial charge in [0.2, 0.25) is 0 Å². The molecule has 0 aliphatic heterocycles. The van der Waals surface area contributed by atoms with Gasteiger partial charge in [-0.25, -0.2) is 0 Å². The number of rotatable bonds is 1. The Hall–Kier alpha value is -1.27. The molecule has 2 aromatic rings. The molecule has 69 valence electrons. The van der Waals surface area contributed by atoms with Crippen molar-refractivity contribution < 1.29 is 0 Å². The molecule has 2 rings (SSSR count). The van der Waals surface area contributed by atoms with E-state index in [9.17, 15) is 0 Å². The summed E-state index contributed by atoms with van der Waals surface area (Å²) in [5.74, 6) is 0. The van der Waals surface area contributed by atoms with E-state index in [0.29, 0.717) is 5.02 Å². The van der Waals surface area contributed by atoms with Gasteiger partial charge >= 0.3 is 0 Å². The molecular formula is C13H10Cl. The first kappa shape index (κ1) is 9.29. The molecule has 0 atom stereocenters. The molecule has 0 saturated heterocycles. The third-order valence-corrected chi connectivity index (χ3v) is 2.51. The second-order valence-electron chi connectivity index (χ2n) is 3.17. The lowest BCUT2D eigenvalue weighted by molar-refractivity contribution is 1.57. The van der Waals surface area contributed by atoms with Crippen molar-refractivity contribution in [1.82, 2.24) is 0 Å². The van der Waals surface area contributed by atoms with Crippen molar-refractivity contribution in [2.45, 2.75) is 0 Å². The van der Waals surface area contributed by atoms with Gasteiger partial charge in [0.05, 0.1) is 0 Å². The summed E-state index contributed by atoms with van der Waals surface area (Å²) in [6.07, 6.45) is 0. The smallest absolute Gasteiger partial charge is 0.0444 e. The molecule has 0 aliphatic rings. The van der Waals surface area contributed by atoms with Crippen LogP contribution in [0.3, 0.4) is 0 Å². The van der Waals surface area contributed by atoms with Gasteiger partial charge in [-0.2, -0.15) is 0 Å². The number of hydrogen-bond donors (Lipinski definition) is 0. The van der Waals surface area contributed by atoms with Crippen molar-refractivity contribution in [3.63, 3.8) is 0 Å². The topological polar surface area (TPSA) is 0 Å². The van der Waals surface area contributed by atoms with Crippen LogP contribution in [-0.4, -0.2) is 0 Å². The molecule has 0 nitrogen and oxygen atoms in total. The summed E-state index contributed by atoms with van der Waals surface area (Å²) in [6, 6.07) is 16.1. The van der Waals surface area contributed by atoms with Gasteiger partial charge in [-0.15, -0.1) is 0 Å². The molecule has 0 bridgehead atoms. The highest BCUT2D eigenvalue weighted by Gasteiger charge is 1.99. The van der Waals surface area contributed by atoms with Crippen molar-refractivity contribution >= 4 is 11.6 Å². The Labute approximate surface area is 89.2 Å². The molecule has 0 saturated carbocycles. The zero-order valence-electron chi connectivity index (χ0n) is 7.70. The van der Waals surface area contributed by atoms with Gasteiger partial charge in [-0.1, -0.05) is 54.1 Å². The molecular weight excluding hydrogens is 192 g/mol. The van der Waals surface area contributed by atoms with Crippen LogP contribution >= 0.6 is 11.6 Å². The summed E-state index contributed by atoms with van der Waals surface area (Å²) in [5, 5.41) is 0.714.